The van der Waals surface area contributed by atoms with Crippen LogP contribution >= 0.6 is 11.6 Å². The SMILES string of the molecule is COc1ccccc1NC(=O)CCCc1c(-c2ccccn2)[nH]c2ccc(Cl)cc12. The number of anilines is 1. The van der Waals surface area contributed by atoms with Gasteiger partial charge < -0.3 is 15.0 Å². The third-order valence-electron chi connectivity index (χ3n) is 5.00. The maximum atomic E-state index is 12.5. The van der Waals surface area contributed by atoms with Crippen molar-refractivity contribution >= 4 is 34.1 Å². The number of hydrogen-bond acceptors (Lipinski definition) is 3. The molecule has 0 aliphatic rings. The van der Waals surface area contributed by atoms with E-state index in [1.54, 1.807) is 13.3 Å². The van der Waals surface area contributed by atoms with Crippen LogP contribution < -0.4 is 10.1 Å². The number of rotatable bonds is 7. The van der Waals surface area contributed by atoms with E-state index in [0.717, 1.165) is 34.3 Å². The Morgan fingerprint density at radius 2 is 1.97 bits per heavy atom. The van der Waals surface area contributed by atoms with Crippen LogP contribution in [0.15, 0.2) is 66.9 Å². The number of halogens is 1. The highest BCUT2D eigenvalue weighted by Crippen LogP contribution is 2.32. The first-order valence-electron chi connectivity index (χ1n) is 9.80. The van der Waals surface area contributed by atoms with E-state index in [1.807, 2.05) is 60.7 Å². The zero-order valence-corrected chi connectivity index (χ0v) is 17.4. The second kappa shape index (κ2) is 9.01. The van der Waals surface area contributed by atoms with Crippen LogP contribution in [0, 0.1) is 0 Å². The first kappa shape index (κ1) is 20.0. The minimum atomic E-state index is -0.0447. The summed E-state index contributed by atoms with van der Waals surface area (Å²) in [7, 11) is 1.59. The van der Waals surface area contributed by atoms with E-state index >= 15 is 0 Å². The monoisotopic (exact) mass is 419 g/mol. The largest absolute Gasteiger partial charge is 0.495 e. The average Bonchev–Trinajstić information content (AvgIpc) is 3.12. The van der Waals surface area contributed by atoms with Gasteiger partial charge in [-0.2, -0.15) is 0 Å². The van der Waals surface area contributed by atoms with Crippen molar-refractivity contribution in [2.75, 3.05) is 12.4 Å². The van der Waals surface area contributed by atoms with Gasteiger partial charge in [0, 0.05) is 28.5 Å². The van der Waals surface area contributed by atoms with E-state index in [2.05, 4.69) is 15.3 Å². The molecule has 6 heteroatoms. The summed E-state index contributed by atoms with van der Waals surface area (Å²) in [6.07, 6.45) is 3.59. The number of methoxy groups -OCH3 is 1. The molecular weight excluding hydrogens is 398 g/mol. The number of carbonyl (C=O) groups excluding carboxylic acids is 1. The van der Waals surface area contributed by atoms with Crippen molar-refractivity contribution in [3.05, 3.63) is 77.4 Å². The fourth-order valence-corrected chi connectivity index (χ4v) is 3.77. The van der Waals surface area contributed by atoms with Gasteiger partial charge in [-0.15, -0.1) is 0 Å². The first-order chi connectivity index (χ1) is 14.7. The quantitative estimate of drug-likeness (QED) is 0.394. The molecule has 2 aromatic carbocycles. The van der Waals surface area contributed by atoms with Gasteiger partial charge in [0.05, 0.1) is 24.2 Å². The van der Waals surface area contributed by atoms with Gasteiger partial charge in [-0.05, 0) is 60.9 Å². The number of amides is 1. The van der Waals surface area contributed by atoms with Gasteiger partial charge in [-0.3, -0.25) is 9.78 Å². The third-order valence-corrected chi connectivity index (χ3v) is 5.24. The molecule has 0 saturated carbocycles. The number of carbonyl (C=O) groups is 1. The third kappa shape index (κ3) is 4.31. The van der Waals surface area contributed by atoms with Crippen molar-refractivity contribution in [1.29, 1.82) is 0 Å². The second-order valence-electron chi connectivity index (χ2n) is 6.99. The van der Waals surface area contributed by atoms with E-state index in [1.165, 1.54) is 0 Å². The highest BCUT2D eigenvalue weighted by Gasteiger charge is 2.15. The highest BCUT2D eigenvalue weighted by atomic mass is 35.5. The molecule has 0 atom stereocenters. The predicted molar refractivity (Wildman–Crippen MR) is 121 cm³/mol. The molecule has 2 heterocycles. The number of benzene rings is 2. The van der Waals surface area contributed by atoms with E-state index in [0.29, 0.717) is 29.3 Å². The summed E-state index contributed by atoms with van der Waals surface area (Å²) in [6, 6.07) is 19.0. The number of aryl methyl sites for hydroxylation is 1. The molecule has 152 valence electrons. The Morgan fingerprint density at radius 1 is 1.13 bits per heavy atom. The lowest BCUT2D eigenvalue weighted by atomic mass is 10.0. The van der Waals surface area contributed by atoms with E-state index in [9.17, 15) is 4.79 Å². The summed E-state index contributed by atoms with van der Waals surface area (Å²) in [6.45, 7) is 0. The molecule has 0 unspecified atom stereocenters. The standard InChI is InChI=1S/C24H22ClN3O2/c1-30-22-10-3-2-8-20(22)27-23(29)11-6-7-17-18-15-16(25)12-13-19(18)28-24(17)21-9-4-5-14-26-21/h2-5,8-10,12-15,28H,6-7,11H2,1H3,(H,27,29). The first-order valence-corrected chi connectivity index (χ1v) is 10.2. The van der Waals surface area contributed by atoms with Crippen LogP contribution in [0.3, 0.4) is 0 Å². The van der Waals surface area contributed by atoms with Gasteiger partial charge in [-0.1, -0.05) is 29.8 Å². The molecule has 2 aromatic heterocycles. The number of hydrogen-bond donors (Lipinski definition) is 2. The van der Waals surface area contributed by atoms with Gasteiger partial charge in [-0.25, -0.2) is 0 Å². The molecule has 0 aliphatic carbocycles. The van der Waals surface area contributed by atoms with Gasteiger partial charge in [0.15, 0.2) is 0 Å². The lowest BCUT2D eigenvalue weighted by molar-refractivity contribution is -0.116. The summed E-state index contributed by atoms with van der Waals surface area (Å²) in [5.41, 5.74) is 4.65. The number of nitrogens with one attached hydrogen (secondary N) is 2. The number of ether oxygens (including phenoxy) is 1. The number of nitrogens with zero attached hydrogens (tertiary/aromatic N) is 1. The minimum absolute atomic E-state index is 0.0447. The van der Waals surface area contributed by atoms with E-state index in [-0.39, 0.29) is 5.91 Å². The number of pyridine rings is 1. The van der Waals surface area contributed by atoms with Crippen molar-refractivity contribution in [3.63, 3.8) is 0 Å². The second-order valence-corrected chi connectivity index (χ2v) is 7.42. The lowest BCUT2D eigenvalue weighted by Gasteiger charge is -2.10. The van der Waals surface area contributed by atoms with Crippen LogP contribution in [-0.4, -0.2) is 23.0 Å². The molecule has 1 amide bonds. The molecule has 2 N–H and O–H groups in total. The number of H-pyrrole nitrogens is 1. The number of aromatic nitrogens is 2. The van der Waals surface area contributed by atoms with E-state index < -0.39 is 0 Å². The van der Waals surface area contributed by atoms with Crippen molar-refractivity contribution in [1.82, 2.24) is 9.97 Å². The van der Waals surface area contributed by atoms with Crippen LogP contribution in [0.1, 0.15) is 18.4 Å². The number of para-hydroxylation sites is 2. The molecule has 30 heavy (non-hydrogen) atoms. The lowest BCUT2D eigenvalue weighted by Crippen LogP contribution is -2.12. The summed E-state index contributed by atoms with van der Waals surface area (Å²) in [5, 5.41) is 4.68. The fourth-order valence-electron chi connectivity index (χ4n) is 3.60. The topological polar surface area (TPSA) is 67.0 Å². The van der Waals surface area contributed by atoms with E-state index in [4.69, 9.17) is 16.3 Å². The molecule has 4 rings (SSSR count). The Hall–Kier alpha value is -3.31. The minimum Gasteiger partial charge on any atom is -0.495 e. The molecule has 0 radical (unpaired) electrons. The molecule has 0 bridgehead atoms. The van der Waals surface area contributed by atoms with Crippen molar-refractivity contribution in [2.45, 2.75) is 19.3 Å². The normalized spacial score (nSPS) is 10.9. The molecular formula is C24H22ClN3O2. The van der Waals surface area contributed by atoms with Crippen molar-refractivity contribution in [2.24, 2.45) is 0 Å². The van der Waals surface area contributed by atoms with Crippen LogP contribution in [0.25, 0.3) is 22.3 Å². The van der Waals surface area contributed by atoms with Gasteiger partial charge >= 0.3 is 0 Å². The van der Waals surface area contributed by atoms with Gasteiger partial charge in [0.2, 0.25) is 5.91 Å². The molecule has 0 fully saturated rings. The Bertz CT molecular complexity index is 1170. The van der Waals surface area contributed by atoms with Crippen LogP contribution in [0.4, 0.5) is 5.69 Å². The zero-order chi connectivity index (χ0) is 20.9. The summed E-state index contributed by atoms with van der Waals surface area (Å²) < 4.78 is 5.30. The maximum absolute atomic E-state index is 12.5. The predicted octanol–water partition coefficient (Wildman–Crippen LogP) is 5.85. The summed E-state index contributed by atoms with van der Waals surface area (Å²) >= 11 is 6.24. The number of fused-ring (bicyclic) bond motifs is 1. The maximum Gasteiger partial charge on any atom is 0.224 e. The summed E-state index contributed by atoms with van der Waals surface area (Å²) in [4.78, 5) is 20.4. The highest BCUT2D eigenvalue weighted by molar-refractivity contribution is 6.31. The Morgan fingerprint density at radius 3 is 2.77 bits per heavy atom. The molecule has 0 saturated heterocycles. The number of aromatic amines is 1. The summed E-state index contributed by atoms with van der Waals surface area (Å²) in [5.74, 6) is 0.603. The molecule has 5 nitrogen and oxygen atoms in total. The Kier molecular flexibility index (Phi) is 6.00. The molecule has 0 aliphatic heterocycles. The fraction of sp³-hybridized carbons (Fsp3) is 0.167. The van der Waals surface area contributed by atoms with Crippen molar-refractivity contribution < 1.29 is 9.53 Å². The van der Waals surface area contributed by atoms with Crippen LogP contribution in [0.2, 0.25) is 5.02 Å². The van der Waals surface area contributed by atoms with Crippen LogP contribution in [0.5, 0.6) is 5.75 Å². The van der Waals surface area contributed by atoms with Gasteiger partial charge in [0.25, 0.3) is 0 Å². The zero-order valence-electron chi connectivity index (χ0n) is 16.6. The smallest absolute Gasteiger partial charge is 0.224 e. The average molecular weight is 420 g/mol. The molecule has 4 aromatic rings. The van der Waals surface area contributed by atoms with Crippen LogP contribution in [-0.2, 0) is 11.2 Å². The van der Waals surface area contributed by atoms with Gasteiger partial charge in [0.1, 0.15) is 5.75 Å². The molecule has 0 spiro atoms. The Labute approximate surface area is 180 Å². The van der Waals surface area contributed by atoms with Crippen molar-refractivity contribution in [3.8, 4) is 17.1 Å². The Balaban J connectivity index is 1.52.